The van der Waals surface area contributed by atoms with Gasteiger partial charge in [-0.3, -0.25) is 4.98 Å². The molecule has 0 spiro atoms. The monoisotopic (exact) mass is 315 g/mol. The lowest BCUT2D eigenvalue weighted by atomic mass is 10.0. The van der Waals surface area contributed by atoms with Crippen LogP contribution in [0.25, 0.3) is 10.9 Å². The first-order valence-corrected chi connectivity index (χ1v) is 7.89. The Kier molecular flexibility index (Phi) is 4.12. The molecule has 0 atom stereocenters. The first-order chi connectivity index (χ1) is 10.6. The summed E-state index contributed by atoms with van der Waals surface area (Å²) in [7, 11) is 0. The molecule has 2 aromatic carbocycles. The summed E-state index contributed by atoms with van der Waals surface area (Å²) < 4.78 is 28.3. The second kappa shape index (κ2) is 6.05. The van der Waals surface area contributed by atoms with Gasteiger partial charge in [0.2, 0.25) is 0 Å². The van der Waals surface area contributed by atoms with Crippen molar-refractivity contribution in [2.24, 2.45) is 0 Å². The lowest BCUT2D eigenvalue weighted by Crippen LogP contribution is -1.98. The molecule has 0 fully saturated rings. The molecular weight excluding hydrogens is 300 g/mol. The van der Waals surface area contributed by atoms with E-state index in [4.69, 9.17) is 0 Å². The van der Waals surface area contributed by atoms with E-state index in [2.05, 4.69) is 4.98 Å². The zero-order valence-electron chi connectivity index (χ0n) is 12.3. The van der Waals surface area contributed by atoms with Crippen LogP contribution in [-0.4, -0.2) is 4.98 Å². The van der Waals surface area contributed by atoms with Crippen molar-refractivity contribution in [2.75, 3.05) is 0 Å². The van der Waals surface area contributed by atoms with Gasteiger partial charge < -0.3 is 0 Å². The predicted molar refractivity (Wildman–Crippen MR) is 86.3 cm³/mol. The smallest absolute Gasteiger partial charge is 0.149 e. The topological polar surface area (TPSA) is 12.9 Å². The third-order valence-electron chi connectivity index (χ3n) is 3.48. The van der Waals surface area contributed by atoms with Crippen LogP contribution in [0, 0.1) is 11.6 Å². The van der Waals surface area contributed by atoms with Gasteiger partial charge in [-0.25, -0.2) is 8.78 Å². The first-order valence-electron chi connectivity index (χ1n) is 7.07. The highest BCUT2D eigenvalue weighted by atomic mass is 32.2. The van der Waals surface area contributed by atoms with Gasteiger partial charge in [-0.1, -0.05) is 43.8 Å². The van der Waals surface area contributed by atoms with Crippen LogP contribution >= 0.6 is 11.8 Å². The maximum absolute atomic E-state index is 14.4. The third kappa shape index (κ3) is 2.71. The Hall–Kier alpha value is -1.94. The number of hydrogen-bond acceptors (Lipinski definition) is 2. The van der Waals surface area contributed by atoms with Gasteiger partial charge in [0, 0.05) is 16.0 Å². The van der Waals surface area contributed by atoms with Crippen molar-refractivity contribution in [3.63, 3.8) is 0 Å². The van der Waals surface area contributed by atoms with E-state index in [1.54, 1.807) is 6.20 Å². The predicted octanol–water partition coefficient (Wildman–Crippen LogP) is 5.79. The Bertz CT molecular complexity index is 816. The van der Waals surface area contributed by atoms with Gasteiger partial charge in [0.05, 0.1) is 5.39 Å². The van der Waals surface area contributed by atoms with Gasteiger partial charge in [-0.15, -0.1) is 0 Å². The third-order valence-corrected chi connectivity index (χ3v) is 4.64. The van der Waals surface area contributed by atoms with E-state index in [1.165, 1.54) is 17.8 Å². The second-order valence-corrected chi connectivity index (χ2v) is 6.45. The van der Waals surface area contributed by atoms with Crippen LogP contribution in [0.3, 0.4) is 0 Å². The summed E-state index contributed by atoms with van der Waals surface area (Å²) in [6.07, 6.45) is 1.65. The molecule has 1 aromatic heterocycles. The molecule has 1 nitrogen and oxygen atoms in total. The molecule has 3 aromatic rings. The van der Waals surface area contributed by atoms with Crippen LogP contribution < -0.4 is 0 Å². The van der Waals surface area contributed by atoms with Crippen LogP contribution in [0.15, 0.2) is 58.5 Å². The van der Waals surface area contributed by atoms with Gasteiger partial charge in [-0.2, -0.15) is 0 Å². The number of benzene rings is 2. The molecule has 0 radical (unpaired) electrons. The molecule has 4 heteroatoms. The number of pyridine rings is 1. The van der Waals surface area contributed by atoms with Gasteiger partial charge >= 0.3 is 0 Å². The van der Waals surface area contributed by atoms with Crippen LogP contribution in [0.5, 0.6) is 0 Å². The van der Waals surface area contributed by atoms with Crippen LogP contribution in [0.4, 0.5) is 8.78 Å². The molecule has 1 heterocycles. The van der Waals surface area contributed by atoms with Crippen molar-refractivity contribution in [2.45, 2.75) is 29.6 Å². The number of aromatic nitrogens is 1. The van der Waals surface area contributed by atoms with Crippen LogP contribution in [0.2, 0.25) is 0 Å². The number of nitrogens with zero attached hydrogens (tertiary/aromatic N) is 1. The highest BCUT2D eigenvalue weighted by Crippen LogP contribution is 2.39. The van der Waals surface area contributed by atoms with E-state index in [-0.39, 0.29) is 16.8 Å². The Morgan fingerprint density at radius 2 is 1.64 bits per heavy atom. The fourth-order valence-electron chi connectivity index (χ4n) is 2.35. The average Bonchev–Trinajstić information content (AvgIpc) is 2.51. The van der Waals surface area contributed by atoms with E-state index in [1.807, 2.05) is 44.2 Å². The minimum absolute atomic E-state index is 0.0860. The molecule has 0 saturated heterocycles. The van der Waals surface area contributed by atoms with Gasteiger partial charge in [-0.05, 0) is 35.7 Å². The van der Waals surface area contributed by atoms with E-state index in [0.29, 0.717) is 0 Å². The molecule has 0 amide bonds. The lowest BCUT2D eigenvalue weighted by molar-refractivity contribution is 0.613. The van der Waals surface area contributed by atoms with Gasteiger partial charge in [0.1, 0.15) is 17.2 Å². The fourth-order valence-corrected chi connectivity index (χ4v) is 3.58. The minimum atomic E-state index is -0.499. The maximum Gasteiger partial charge on any atom is 0.149 e. The SMILES string of the molecule is CC(C)c1cnc2c(F)ccc(F)c2c1Sc1ccccc1. The van der Waals surface area contributed by atoms with E-state index in [9.17, 15) is 8.78 Å². The summed E-state index contributed by atoms with van der Waals surface area (Å²) in [5.41, 5.74) is 1.01. The van der Waals surface area contributed by atoms with Crippen molar-refractivity contribution in [1.82, 2.24) is 4.98 Å². The maximum atomic E-state index is 14.4. The zero-order chi connectivity index (χ0) is 15.7. The molecule has 22 heavy (non-hydrogen) atoms. The summed E-state index contributed by atoms with van der Waals surface area (Å²) in [4.78, 5) is 5.86. The van der Waals surface area contributed by atoms with Crippen molar-refractivity contribution in [3.8, 4) is 0 Å². The molecule has 0 unspecified atom stereocenters. The highest BCUT2D eigenvalue weighted by Gasteiger charge is 2.18. The van der Waals surface area contributed by atoms with Crippen molar-refractivity contribution < 1.29 is 8.78 Å². The normalized spacial score (nSPS) is 11.3. The highest BCUT2D eigenvalue weighted by molar-refractivity contribution is 7.99. The number of rotatable bonds is 3. The summed E-state index contributed by atoms with van der Waals surface area (Å²) in [5.74, 6) is -0.766. The Morgan fingerprint density at radius 3 is 2.32 bits per heavy atom. The fraction of sp³-hybridized carbons (Fsp3) is 0.167. The Balaban J connectivity index is 2.28. The Labute approximate surface area is 132 Å². The van der Waals surface area contributed by atoms with Crippen LogP contribution in [-0.2, 0) is 0 Å². The molecule has 112 valence electrons. The summed E-state index contributed by atoms with van der Waals surface area (Å²) in [6.45, 7) is 4.05. The number of fused-ring (bicyclic) bond motifs is 1. The molecule has 3 rings (SSSR count). The van der Waals surface area contributed by atoms with Crippen molar-refractivity contribution in [3.05, 3.63) is 65.9 Å². The second-order valence-electron chi connectivity index (χ2n) is 5.37. The van der Waals surface area contributed by atoms with E-state index >= 15 is 0 Å². The zero-order valence-corrected chi connectivity index (χ0v) is 13.1. The quantitative estimate of drug-likeness (QED) is 0.607. The molecule has 0 N–H and O–H groups in total. The molecule has 0 bridgehead atoms. The molecule has 0 saturated carbocycles. The lowest BCUT2D eigenvalue weighted by Gasteiger charge is -2.15. The largest absolute Gasteiger partial charge is 0.253 e. The molecule has 0 aliphatic carbocycles. The van der Waals surface area contributed by atoms with Gasteiger partial charge in [0.25, 0.3) is 0 Å². The average molecular weight is 315 g/mol. The van der Waals surface area contributed by atoms with E-state index in [0.717, 1.165) is 21.4 Å². The van der Waals surface area contributed by atoms with Gasteiger partial charge in [0.15, 0.2) is 0 Å². The summed E-state index contributed by atoms with van der Waals surface area (Å²) in [5, 5.41) is 0.264. The van der Waals surface area contributed by atoms with Crippen LogP contribution in [0.1, 0.15) is 25.3 Å². The van der Waals surface area contributed by atoms with E-state index < -0.39 is 11.6 Å². The molecular formula is C18H15F2NS. The standard InChI is InChI=1S/C18H15F2NS/c1-11(2)13-10-21-17-15(20)9-8-14(19)16(17)18(13)22-12-6-4-3-5-7-12/h3-11H,1-2H3. The number of hydrogen-bond donors (Lipinski definition) is 0. The molecule has 0 aliphatic heterocycles. The Morgan fingerprint density at radius 1 is 0.955 bits per heavy atom. The van der Waals surface area contributed by atoms with Crippen molar-refractivity contribution >= 4 is 22.7 Å². The minimum Gasteiger partial charge on any atom is -0.253 e. The number of halogens is 2. The summed E-state index contributed by atoms with van der Waals surface area (Å²) in [6, 6.07) is 12.0. The summed E-state index contributed by atoms with van der Waals surface area (Å²) >= 11 is 1.45. The van der Waals surface area contributed by atoms with Crippen molar-refractivity contribution in [1.29, 1.82) is 0 Å². The first kappa shape index (κ1) is 15.0. The molecule has 0 aliphatic rings.